The Labute approximate surface area is 108 Å². The Bertz CT molecular complexity index is 421. The Morgan fingerprint density at radius 2 is 2.28 bits per heavy atom. The first-order valence-corrected chi connectivity index (χ1v) is 6.73. The quantitative estimate of drug-likeness (QED) is 0.864. The summed E-state index contributed by atoms with van der Waals surface area (Å²) in [5.74, 6) is 0.0232. The summed E-state index contributed by atoms with van der Waals surface area (Å²) in [4.78, 5) is 0. The second kappa shape index (κ2) is 5.37. The Balaban J connectivity index is 2.22. The predicted octanol–water partition coefficient (Wildman–Crippen LogP) is 2.43. The minimum Gasteiger partial charge on any atom is -0.389 e. The van der Waals surface area contributed by atoms with Crippen LogP contribution in [-0.4, -0.2) is 23.8 Å². The van der Waals surface area contributed by atoms with Crippen molar-refractivity contribution in [3.8, 4) is 0 Å². The van der Waals surface area contributed by atoms with Gasteiger partial charge in [-0.3, -0.25) is 0 Å². The highest BCUT2D eigenvalue weighted by Gasteiger charge is 2.38. The van der Waals surface area contributed by atoms with Crippen LogP contribution in [0.5, 0.6) is 0 Å². The summed E-state index contributed by atoms with van der Waals surface area (Å²) >= 11 is 0. The molecule has 1 saturated heterocycles. The van der Waals surface area contributed by atoms with Gasteiger partial charge in [-0.05, 0) is 49.6 Å². The number of aliphatic hydroxyl groups is 1. The van der Waals surface area contributed by atoms with Crippen molar-refractivity contribution in [3.63, 3.8) is 0 Å². The smallest absolute Gasteiger partial charge is 0.123 e. The highest BCUT2D eigenvalue weighted by atomic mass is 19.1. The van der Waals surface area contributed by atoms with E-state index in [1.807, 2.05) is 6.92 Å². The summed E-state index contributed by atoms with van der Waals surface area (Å²) in [6, 6.07) is 4.82. The van der Waals surface area contributed by atoms with Crippen molar-refractivity contribution in [2.24, 2.45) is 5.92 Å². The van der Waals surface area contributed by atoms with E-state index >= 15 is 0 Å². The molecule has 1 aromatic rings. The van der Waals surface area contributed by atoms with Crippen LogP contribution >= 0.6 is 0 Å². The molecule has 2 rings (SSSR count). The average Bonchev–Trinajstić information content (AvgIpc) is 2.34. The number of hydrogen-bond acceptors (Lipinski definition) is 2. The molecule has 0 saturated carbocycles. The van der Waals surface area contributed by atoms with Gasteiger partial charge in [0.1, 0.15) is 5.82 Å². The van der Waals surface area contributed by atoms with Gasteiger partial charge in [-0.1, -0.05) is 13.0 Å². The van der Waals surface area contributed by atoms with Gasteiger partial charge in [0.25, 0.3) is 0 Å². The van der Waals surface area contributed by atoms with Crippen LogP contribution in [-0.2, 0) is 6.42 Å². The molecule has 100 valence electrons. The van der Waals surface area contributed by atoms with E-state index in [1.165, 1.54) is 6.07 Å². The average molecular weight is 251 g/mol. The molecule has 0 aromatic heterocycles. The lowest BCUT2D eigenvalue weighted by Gasteiger charge is -2.40. The molecule has 1 aromatic carbocycles. The third-order valence-electron chi connectivity index (χ3n) is 4.19. The first-order valence-electron chi connectivity index (χ1n) is 6.73. The van der Waals surface area contributed by atoms with E-state index in [0.29, 0.717) is 6.42 Å². The van der Waals surface area contributed by atoms with E-state index < -0.39 is 5.60 Å². The lowest BCUT2D eigenvalue weighted by Crippen LogP contribution is -2.51. The van der Waals surface area contributed by atoms with E-state index in [0.717, 1.165) is 37.1 Å². The largest absolute Gasteiger partial charge is 0.389 e. The molecule has 1 fully saturated rings. The molecule has 2 nitrogen and oxygen atoms in total. The number of rotatable bonds is 3. The number of nitrogens with one attached hydrogen (secondary N) is 1. The van der Waals surface area contributed by atoms with Crippen LogP contribution in [0, 0.1) is 18.7 Å². The van der Waals surface area contributed by atoms with Gasteiger partial charge in [0, 0.05) is 18.9 Å². The Morgan fingerprint density at radius 1 is 1.50 bits per heavy atom. The molecule has 0 amide bonds. The maximum Gasteiger partial charge on any atom is 0.123 e. The van der Waals surface area contributed by atoms with Gasteiger partial charge < -0.3 is 10.4 Å². The number of piperidine rings is 1. The van der Waals surface area contributed by atoms with Crippen molar-refractivity contribution < 1.29 is 9.50 Å². The molecule has 0 bridgehead atoms. The molecule has 0 aliphatic carbocycles. The fraction of sp³-hybridized carbons (Fsp3) is 0.600. The van der Waals surface area contributed by atoms with Crippen LogP contribution in [0.2, 0.25) is 0 Å². The van der Waals surface area contributed by atoms with Crippen molar-refractivity contribution in [1.29, 1.82) is 0 Å². The number of hydrogen-bond donors (Lipinski definition) is 2. The number of benzene rings is 1. The Hall–Kier alpha value is -0.930. The summed E-state index contributed by atoms with van der Waals surface area (Å²) in [5, 5.41) is 14.2. The van der Waals surface area contributed by atoms with Gasteiger partial charge in [0.15, 0.2) is 0 Å². The molecular formula is C15H22FNO. The molecule has 3 heteroatoms. The predicted molar refractivity (Wildman–Crippen MR) is 71.1 cm³/mol. The molecule has 1 heterocycles. The highest BCUT2D eigenvalue weighted by molar-refractivity contribution is 5.28. The maximum absolute atomic E-state index is 13.3. The Morgan fingerprint density at radius 3 is 3.00 bits per heavy atom. The van der Waals surface area contributed by atoms with Crippen molar-refractivity contribution in [2.75, 3.05) is 13.1 Å². The lowest BCUT2D eigenvalue weighted by atomic mass is 9.75. The molecule has 0 radical (unpaired) electrons. The zero-order chi connectivity index (χ0) is 13.2. The summed E-state index contributed by atoms with van der Waals surface area (Å²) in [6.07, 6.45) is 2.23. The van der Waals surface area contributed by atoms with Crippen LogP contribution in [0.4, 0.5) is 4.39 Å². The van der Waals surface area contributed by atoms with Crippen molar-refractivity contribution in [2.45, 2.75) is 38.7 Å². The first-order chi connectivity index (χ1) is 8.55. The second-order valence-corrected chi connectivity index (χ2v) is 5.41. The Kier molecular flexibility index (Phi) is 4.03. The van der Waals surface area contributed by atoms with Crippen LogP contribution in [0.15, 0.2) is 18.2 Å². The minimum absolute atomic E-state index is 0.221. The fourth-order valence-electron chi connectivity index (χ4n) is 2.89. The standard InChI is InChI=1S/C15H22FNO/c1-3-13-10-17-7-6-15(13,18)9-12-8-14(16)5-4-11(12)2/h4-5,8,13,17-18H,3,6-7,9-10H2,1-2H3. The lowest BCUT2D eigenvalue weighted by molar-refractivity contribution is -0.0415. The number of aryl methyl sites for hydroxylation is 1. The van der Waals surface area contributed by atoms with E-state index in [4.69, 9.17) is 0 Å². The van der Waals surface area contributed by atoms with Crippen molar-refractivity contribution >= 4 is 0 Å². The van der Waals surface area contributed by atoms with Gasteiger partial charge in [-0.2, -0.15) is 0 Å². The monoisotopic (exact) mass is 251 g/mol. The van der Waals surface area contributed by atoms with Crippen LogP contribution < -0.4 is 5.32 Å². The molecular weight excluding hydrogens is 229 g/mol. The highest BCUT2D eigenvalue weighted by Crippen LogP contribution is 2.31. The normalized spacial score (nSPS) is 28.3. The summed E-state index contributed by atoms with van der Waals surface area (Å²) in [6.45, 7) is 5.75. The molecule has 18 heavy (non-hydrogen) atoms. The third-order valence-corrected chi connectivity index (χ3v) is 4.19. The van der Waals surface area contributed by atoms with Gasteiger partial charge in [-0.25, -0.2) is 4.39 Å². The van der Waals surface area contributed by atoms with Gasteiger partial charge in [0.2, 0.25) is 0 Å². The van der Waals surface area contributed by atoms with Gasteiger partial charge in [0.05, 0.1) is 5.60 Å². The molecule has 2 unspecified atom stereocenters. The van der Waals surface area contributed by atoms with E-state index in [1.54, 1.807) is 12.1 Å². The molecule has 0 spiro atoms. The third kappa shape index (κ3) is 2.73. The van der Waals surface area contributed by atoms with Gasteiger partial charge >= 0.3 is 0 Å². The summed E-state index contributed by atoms with van der Waals surface area (Å²) in [5.41, 5.74) is 1.29. The fourth-order valence-corrected chi connectivity index (χ4v) is 2.89. The van der Waals surface area contributed by atoms with Crippen molar-refractivity contribution in [1.82, 2.24) is 5.32 Å². The van der Waals surface area contributed by atoms with E-state index in [2.05, 4.69) is 12.2 Å². The summed E-state index contributed by atoms with van der Waals surface area (Å²) < 4.78 is 13.3. The summed E-state index contributed by atoms with van der Waals surface area (Å²) in [7, 11) is 0. The maximum atomic E-state index is 13.3. The zero-order valence-corrected chi connectivity index (χ0v) is 11.2. The zero-order valence-electron chi connectivity index (χ0n) is 11.2. The van der Waals surface area contributed by atoms with E-state index in [-0.39, 0.29) is 11.7 Å². The van der Waals surface area contributed by atoms with Gasteiger partial charge in [-0.15, -0.1) is 0 Å². The van der Waals surface area contributed by atoms with E-state index in [9.17, 15) is 9.50 Å². The molecule has 1 aliphatic heterocycles. The minimum atomic E-state index is -0.696. The van der Waals surface area contributed by atoms with Crippen molar-refractivity contribution in [3.05, 3.63) is 35.1 Å². The number of halogens is 1. The molecule has 1 aliphatic rings. The topological polar surface area (TPSA) is 32.3 Å². The molecule has 2 atom stereocenters. The van der Waals surface area contributed by atoms with Crippen LogP contribution in [0.3, 0.4) is 0 Å². The molecule has 2 N–H and O–H groups in total. The SMILES string of the molecule is CCC1CNCCC1(O)Cc1cc(F)ccc1C. The first kappa shape index (κ1) is 13.5. The second-order valence-electron chi connectivity index (χ2n) is 5.41. The van der Waals surface area contributed by atoms with Crippen LogP contribution in [0.1, 0.15) is 30.9 Å². The van der Waals surface area contributed by atoms with Crippen LogP contribution in [0.25, 0.3) is 0 Å².